The Hall–Kier alpha value is -1.62. The summed E-state index contributed by atoms with van der Waals surface area (Å²) in [7, 11) is 3.51. The van der Waals surface area contributed by atoms with Crippen LogP contribution in [0, 0.1) is 0 Å². The molecule has 0 aliphatic heterocycles. The second kappa shape index (κ2) is 5.31. The molecule has 1 aromatic rings. The number of anilines is 1. The monoisotopic (exact) mass is 208 g/mol. The molecule has 0 aliphatic rings. The quantitative estimate of drug-likeness (QED) is 0.721. The summed E-state index contributed by atoms with van der Waals surface area (Å²) in [6.07, 6.45) is 1.72. The van der Waals surface area contributed by atoms with Crippen molar-refractivity contribution < 1.29 is 4.79 Å². The van der Waals surface area contributed by atoms with E-state index in [1.807, 2.05) is 18.0 Å². The third kappa shape index (κ3) is 3.95. The molecule has 1 aromatic heterocycles. The Labute approximate surface area is 89.3 Å². The first-order valence-corrected chi connectivity index (χ1v) is 4.71. The van der Waals surface area contributed by atoms with Crippen molar-refractivity contribution in [3.63, 3.8) is 0 Å². The predicted molar refractivity (Wildman–Crippen MR) is 59.1 cm³/mol. The summed E-state index contributed by atoms with van der Waals surface area (Å²) in [5.74, 6) is 0.508. The molecule has 0 aliphatic carbocycles. The minimum absolute atomic E-state index is 0.000837. The van der Waals surface area contributed by atoms with Crippen LogP contribution < -0.4 is 11.1 Å². The molecule has 0 saturated heterocycles. The Kier molecular flexibility index (Phi) is 4.05. The summed E-state index contributed by atoms with van der Waals surface area (Å²) >= 11 is 0. The van der Waals surface area contributed by atoms with Crippen molar-refractivity contribution in [3.05, 3.63) is 23.9 Å². The van der Waals surface area contributed by atoms with E-state index in [1.54, 1.807) is 19.3 Å². The maximum atomic E-state index is 11.1. The Bertz CT molecular complexity index is 323. The number of aromatic nitrogens is 1. The molecule has 5 heteroatoms. The van der Waals surface area contributed by atoms with Crippen molar-refractivity contribution in [1.29, 1.82) is 0 Å². The summed E-state index contributed by atoms with van der Waals surface area (Å²) in [6, 6.07) is 3.66. The number of hydrogen-bond acceptors (Lipinski definition) is 4. The zero-order valence-corrected chi connectivity index (χ0v) is 9.03. The summed E-state index contributed by atoms with van der Waals surface area (Å²) in [5, 5.41) is 2.57. The number of nitrogens with zero attached hydrogens (tertiary/aromatic N) is 2. The molecular formula is C10H16N4O. The topological polar surface area (TPSA) is 71.2 Å². The van der Waals surface area contributed by atoms with Gasteiger partial charge in [0.1, 0.15) is 5.82 Å². The standard InChI is InChI=1S/C10H16N4O/c1-12-10(15)7-14(2)6-8-3-4-9(11)13-5-8/h3-5H,6-7H2,1-2H3,(H2,11,13)(H,12,15). The second-order valence-corrected chi connectivity index (χ2v) is 3.44. The lowest BCUT2D eigenvalue weighted by molar-refractivity contribution is -0.121. The molecule has 0 radical (unpaired) electrons. The maximum absolute atomic E-state index is 11.1. The van der Waals surface area contributed by atoms with Gasteiger partial charge in [-0.25, -0.2) is 4.98 Å². The zero-order valence-electron chi connectivity index (χ0n) is 9.03. The van der Waals surface area contributed by atoms with Gasteiger partial charge in [-0.15, -0.1) is 0 Å². The van der Waals surface area contributed by atoms with Crippen molar-refractivity contribution >= 4 is 11.7 Å². The van der Waals surface area contributed by atoms with Gasteiger partial charge >= 0.3 is 0 Å². The Morgan fingerprint density at radius 3 is 2.87 bits per heavy atom. The van der Waals surface area contributed by atoms with Crippen LogP contribution in [0.15, 0.2) is 18.3 Å². The molecule has 15 heavy (non-hydrogen) atoms. The molecule has 1 rings (SSSR count). The van der Waals surface area contributed by atoms with Crippen molar-refractivity contribution in [2.75, 3.05) is 26.4 Å². The zero-order chi connectivity index (χ0) is 11.3. The molecule has 5 nitrogen and oxygen atoms in total. The number of hydrogen-bond donors (Lipinski definition) is 2. The highest BCUT2D eigenvalue weighted by atomic mass is 16.1. The van der Waals surface area contributed by atoms with E-state index in [4.69, 9.17) is 5.73 Å². The Balaban J connectivity index is 2.47. The number of amides is 1. The summed E-state index contributed by atoms with van der Waals surface area (Å²) in [5.41, 5.74) is 6.51. The van der Waals surface area contributed by atoms with Gasteiger partial charge < -0.3 is 11.1 Å². The van der Waals surface area contributed by atoms with Gasteiger partial charge in [0.2, 0.25) is 5.91 Å². The second-order valence-electron chi connectivity index (χ2n) is 3.44. The Morgan fingerprint density at radius 2 is 2.33 bits per heavy atom. The van der Waals surface area contributed by atoms with Gasteiger partial charge in [0.25, 0.3) is 0 Å². The van der Waals surface area contributed by atoms with E-state index in [2.05, 4.69) is 10.3 Å². The highest BCUT2D eigenvalue weighted by molar-refractivity contribution is 5.77. The minimum Gasteiger partial charge on any atom is -0.384 e. The molecule has 0 saturated carbocycles. The van der Waals surface area contributed by atoms with E-state index in [9.17, 15) is 4.79 Å². The van der Waals surface area contributed by atoms with Crippen molar-refractivity contribution in [3.8, 4) is 0 Å². The van der Waals surface area contributed by atoms with Crippen molar-refractivity contribution in [2.24, 2.45) is 0 Å². The summed E-state index contributed by atoms with van der Waals surface area (Å²) in [6.45, 7) is 1.06. The average molecular weight is 208 g/mol. The molecule has 3 N–H and O–H groups in total. The minimum atomic E-state index is 0.000837. The van der Waals surface area contributed by atoms with Crippen LogP contribution in [0.2, 0.25) is 0 Å². The SMILES string of the molecule is CNC(=O)CN(C)Cc1ccc(N)nc1. The van der Waals surface area contributed by atoms with Crippen LogP contribution in [0.1, 0.15) is 5.56 Å². The molecule has 0 bridgehead atoms. The molecule has 0 fully saturated rings. The Morgan fingerprint density at radius 1 is 1.60 bits per heavy atom. The number of likely N-dealkylation sites (N-methyl/N-ethyl adjacent to an activating group) is 2. The molecule has 82 valence electrons. The first-order valence-electron chi connectivity index (χ1n) is 4.71. The van der Waals surface area contributed by atoms with Gasteiger partial charge in [0.05, 0.1) is 6.54 Å². The average Bonchev–Trinajstić information content (AvgIpc) is 2.21. The van der Waals surface area contributed by atoms with E-state index < -0.39 is 0 Å². The lowest BCUT2D eigenvalue weighted by atomic mass is 10.2. The van der Waals surface area contributed by atoms with Crippen molar-refractivity contribution in [2.45, 2.75) is 6.54 Å². The maximum Gasteiger partial charge on any atom is 0.233 e. The highest BCUT2D eigenvalue weighted by Gasteiger charge is 2.05. The first kappa shape index (κ1) is 11.5. The van der Waals surface area contributed by atoms with E-state index in [0.29, 0.717) is 18.9 Å². The van der Waals surface area contributed by atoms with Gasteiger partial charge in [-0.2, -0.15) is 0 Å². The molecule has 0 atom stereocenters. The fourth-order valence-corrected chi connectivity index (χ4v) is 1.22. The van der Waals surface area contributed by atoms with E-state index in [1.165, 1.54) is 0 Å². The third-order valence-electron chi connectivity index (χ3n) is 1.99. The van der Waals surface area contributed by atoms with Gasteiger partial charge in [0.15, 0.2) is 0 Å². The van der Waals surface area contributed by atoms with E-state index in [0.717, 1.165) is 5.56 Å². The molecule has 0 spiro atoms. The van der Waals surface area contributed by atoms with Crippen LogP contribution in [0.3, 0.4) is 0 Å². The number of carbonyl (C=O) groups excluding carboxylic acids is 1. The van der Waals surface area contributed by atoms with Crippen LogP contribution in [0.5, 0.6) is 0 Å². The number of nitrogens with two attached hydrogens (primary N) is 1. The van der Waals surface area contributed by atoms with Crippen LogP contribution in [-0.2, 0) is 11.3 Å². The van der Waals surface area contributed by atoms with Crippen LogP contribution in [0.25, 0.3) is 0 Å². The number of nitrogens with one attached hydrogen (secondary N) is 1. The molecule has 1 heterocycles. The van der Waals surface area contributed by atoms with Gasteiger partial charge in [-0.1, -0.05) is 6.07 Å². The number of rotatable bonds is 4. The fraction of sp³-hybridized carbons (Fsp3) is 0.400. The number of nitrogen functional groups attached to an aromatic ring is 1. The lowest BCUT2D eigenvalue weighted by Crippen LogP contribution is -2.32. The van der Waals surface area contributed by atoms with Crippen LogP contribution >= 0.6 is 0 Å². The van der Waals surface area contributed by atoms with Gasteiger partial charge in [-0.3, -0.25) is 9.69 Å². The van der Waals surface area contributed by atoms with Crippen LogP contribution in [0.4, 0.5) is 5.82 Å². The van der Waals surface area contributed by atoms with E-state index in [-0.39, 0.29) is 5.91 Å². The predicted octanol–water partition coefficient (Wildman–Crippen LogP) is -0.158. The van der Waals surface area contributed by atoms with Gasteiger partial charge in [-0.05, 0) is 18.7 Å². The fourth-order valence-electron chi connectivity index (χ4n) is 1.22. The largest absolute Gasteiger partial charge is 0.384 e. The van der Waals surface area contributed by atoms with E-state index >= 15 is 0 Å². The van der Waals surface area contributed by atoms with Crippen LogP contribution in [-0.4, -0.2) is 36.4 Å². The number of pyridine rings is 1. The normalized spacial score (nSPS) is 10.3. The number of carbonyl (C=O) groups is 1. The summed E-state index contributed by atoms with van der Waals surface area (Å²) in [4.78, 5) is 17.0. The molecular weight excluding hydrogens is 192 g/mol. The summed E-state index contributed by atoms with van der Waals surface area (Å²) < 4.78 is 0. The third-order valence-corrected chi connectivity index (χ3v) is 1.99. The molecule has 0 aromatic carbocycles. The highest BCUT2D eigenvalue weighted by Crippen LogP contribution is 2.03. The first-order chi connectivity index (χ1) is 7.11. The van der Waals surface area contributed by atoms with Gasteiger partial charge in [0, 0.05) is 19.8 Å². The molecule has 0 unspecified atom stereocenters. The lowest BCUT2D eigenvalue weighted by Gasteiger charge is -2.15. The smallest absolute Gasteiger partial charge is 0.233 e. The molecule has 1 amide bonds. The van der Waals surface area contributed by atoms with Crippen molar-refractivity contribution in [1.82, 2.24) is 15.2 Å².